The first-order valence-electron chi connectivity index (χ1n) is 13.9. The Kier molecular flexibility index (Phi) is 10.9. The highest BCUT2D eigenvalue weighted by atomic mass is 19.4. The first-order valence-corrected chi connectivity index (χ1v) is 13.9. The molecule has 1 saturated heterocycles. The third-order valence-electron chi connectivity index (χ3n) is 8.08. The highest BCUT2D eigenvalue weighted by Gasteiger charge is 2.44. The number of Topliss-reactive ketones (excluding diaryl/α,β-unsaturated/α-hetero) is 2. The lowest BCUT2D eigenvalue weighted by atomic mass is 9.87. The molecule has 0 radical (unpaired) electrons. The monoisotopic (exact) mass is 573 g/mol. The molecule has 40 heavy (non-hydrogen) atoms. The van der Waals surface area contributed by atoms with Gasteiger partial charge in [-0.25, -0.2) is 4.98 Å². The van der Waals surface area contributed by atoms with E-state index in [1.807, 2.05) is 0 Å². The number of ketones is 2. The number of aliphatic hydroxyl groups excluding tert-OH is 2. The van der Waals surface area contributed by atoms with E-state index >= 15 is 0 Å². The zero-order valence-electron chi connectivity index (χ0n) is 22.4. The SMILES string of the molecule is O=C(COCCOCC(=O)C1CCCC1)CC1CCC([C@H]2OC[C@H](Nc3cncc(C(F)(F)F)n3)[C@@H](O)[C@H]2O)C1. The zero-order chi connectivity index (χ0) is 28.7. The minimum absolute atomic E-state index is 0.0336. The van der Waals surface area contributed by atoms with Crippen molar-refractivity contribution in [2.45, 2.75) is 81.9 Å². The van der Waals surface area contributed by atoms with Crippen molar-refractivity contribution in [3.63, 3.8) is 0 Å². The number of hydrogen-bond donors (Lipinski definition) is 3. The summed E-state index contributed by atoms with van der Waals surface area (Å²) in [6, 6.07) is -0.871. The topological polar surface area (TPSA) is 140 Å². The molecule has 4 rings (SSSR count). The number of hydrogen-bond acceptors (Lipinski definition) is 10. The molecule has 3 fully saturated rings. The Bertz CT molecular complexity index is 992. The van der Waals surface area contributed by atoms with Crippen LogP contribution in [0.4, 0.5) is 19.0 Å². The molecule has 224 valence electrons. The maximum absolute atomic E-state index is 12.9. The van der Waals surface area contributed by atoms with E-state index in [-0.39, 0.29) is 68.2 Å². The third-order valence-corrected chi connectivity index (χ3v) is 8.08. The summed E-state index contributed by atoms with van der Waals surface area (Å²) in [4.78, 5) is 31.4. The van der Waals surface area contributed by atoms with Crippen LogP contribution in [0.15, 0.2) is 12.4 Å². The number of aliphatic hydroxyl groups is 2. The summed E-state index contributed by atoms with van der Waals surface area (Å²) in [5, 5.41) is 24.1. The van der Waals surface area contributed by atoms with Crippen molar-refractivity contribution in [1.29, 1.82) is 0 Å². The molecule has 3 aliphatic rings. The summed E-state index contributed by atoms with van der Waals surface area (Å²) >= 11 is 0. The van der Waals surface area contributed by atoms with E-state index in [0.717, 1.165) is 38.3 Å². The predicted molar refractivity (Wildman–Crippen MR) is 135 cm³/mol. The molecule has 0 bridgehead atoms. The predicted octanol–water partition coefficient (Wildman–Crippen LogP) is 2.56. The number of halogens is 3. The molecular formula is C27H38F3N3O7. The third kappa shape index (κ3) is 8.41. The number of ether oxygens (including phenoxy) is 3. The average Bonchev–Trinajstić information content (AvgIpc) is 3.61. The largest absolute Gasteiger partial charge is 0.434 e. The van der Waals surface area contributed by atoms with E-state index < -0.39 is 36.2 Å². The fraction of sp³-hybridized carbons (Fsp3) is 0.778. The number of carbonyl (C=O) groups is 2. The standard InChI is InChI=1S/C27H38F3N3O7/c28-27(29,30)22-11-31-12-23(33-22)32-20-14-40-26(25(37)24(20)36)18-6-5-16(9-18)10-19(34)13-38-7-8-39-15-21(35)17-3-1-2-4-17/h11-12,16-18,20,24-26,36-37H,1-10,13-15H2,(H,32,33)/t16?,18?,20-,24+,25+,26+/m0/s1. The first-order chi connectivity index (χ1) is 19.1. The molecule has 1 aliphatic heterocycles. The Labute approximate surface area is 231 Å². The van der Waals surface area contributed by atoms with Crippen molar-refractivity contribution >= 4 is 17.4 Å². The molecule has 6 atom stereocenters. The highest BCUT2D eigenvalue weighted by molar-refractivity contribution is 5.82. The molecular weight excluding hydrogens is 535 g/mol. The fourth-order valence-corrected chi connectivity index (χ4v) is 5.97. The van der Waals surface area contributed by atoms with Gasteiger partial charge in [0.05, 0.1) is 44.4 Å². The highest BCUT2D eigenvalue weighted by Crippen LogP contribution is 2.39. The zero-order valence-corrected chi connectivity index (χ0v) is 22.4. The molecule has 2 saturated carbocycles. The summed E-state index contributed by atoms with van der Waals surface area (Å²) in [6.45, 7) is 0.507. The van der Waals surface area contributed by atoms with Gasteiger partial charge in [0.25, 0.3) is 0 Å². The Morgan fingerprint density at radius 2 is 1.75 bits per heavy atom. The van der Waals surface area contributed by atoms with Crippen LogP contribution in [0.5, 0.6) is 0 Å². The minimum atomic E-state index is -4.66. The maximum Gasteiger partial charge on any atom is 0.434 e. The minimum Gasteiger partial charge on any atom is -0.388 e. The fourth-order valence-electron chi connectivity index (χ4n) is 5.97. The van der Waals surface area contributed by atoms with Crippen LogP contribution >= 0.6 is 0 Å². The van der Waals surface area contributed by atoms with E-state index in [2.05, 4.69) is 15.3 Å². The lowest BCUT2D eigenvalue weighted by Crippen LogP contribution is -2.57. The van der Waals surface area contributed by atoms with E-state index in [4.69, 9.17) is 14.2 Å². The van der Waals surface area contributed by atoms with Gasteiger partial charge in [0.1, 0.15) is 31.2 Å². The van der Waals surface area contributed by atoms with Gasteiger partial charge in [-0.15, -0.1) is 0 Å². The second kappa shape index (κ2) is 14.1. The number of alkyl halides is 3. The van der Waals surface area contributed by atoms with Crippen molar-refractivity contribution in [1.82, 2.24) is 9.97 Å². The van der Waals surface area contributed by atoms with E-state index in [0.29, 0.717) is 25.5 Å². The maximum atomic E-state index is 12.9. The van der Waals surface area contributed by atoms with Gasteiger partial charge in [-0.05, 0) is 43.9 Å². The molecule has 13 heteroatoms. The molecule has 2 heterocycles. The van der Waals surface area contributed by atoms with Gasteiger partial charge in [-0.3, -0.25) is 14.6 Å². The van der Waals surface area contributed by atoms with Crippen molar-refractivity contribution < 1.29 is 47.2 Å². The summed E-state index contributed by atoms with van der Waals surface area (Å²) in [5.74, 6) is 0.0801. The van der Waals surface area contributed by atoms with Crippen molar-refractivity contribution in [3.05, 3.63) is 18.1 Å². The number of aromatic nitrogens is 2. The molecule has 0 aromatic carbocycles. The van der Waals surface area contributed by atoms with E-state index in [1.165, 1.54) is 0 Å². The van der Waals surface area contributed by atoms with Gasteiger partial charge < -0.3 is 29.7 Å². The van der Waals surface area contributed by atoms with Gasteiger partial charge >= 0.3 is 6.18 Å². The van der Waals surface area contributed by atoms with Gasteiger partial charge in [0.15, 0.2) is 17.3 Å². The number of anilines is 1. The number of nitrogens with one attached hydrogen (secondary N) is 1. The molecule has 1 aromatic heterocycles. The number of nitrogens with zero attached hydrogens (tertiary/aromatic N) is 2. The van der Waals surface area contributed by atoms with Crippen LogP contribution in [-0.4, -0.2) is 89.1 Å². The number of carbonyl (C=O) groups excluding carboxylic acids is 2. The lowest BCUT2D eigenvalue weighted by Gasteiger charge is -2.40. The Morgan fingerprint density at radius 3 is 2.48 bits per heavy atom. The van der Waals surface area contributed by atoms with E-state index in [9.17, 15) is 33.0 Å². The van der Waals surface area contributed by atoms with Crippen LogP contribution in [0.1, 0.15) is 57.1 Å². The quantitative estimate of drug-likeness (QED) is 0.302. The normalized spacial score (nSPS) is 29.5. The second-order valence-corrected chi connectivity index (χ2v) is 11.1. The van der Waals surface area contributed by atoms with Crippen molar-refractivity contribution in [2.75, 3.05) is 38.4 Å². The van der Waals surface area contributed by atoms with Gasteiger partial charge in [0, 0.05) is 12.3 Å². The van der Waals surface area contributed by atoms with Gasteiger partial charge in [0.2, 0.25) is 0 Å². The summed E-state index contributed by atoms with van der Waals surface area (Å²) in [5.41, 5.74) is -1.17. The Balaban J connectivity index is 1.13. The van der Waals surface area contributed by atoms with Crippen LogP contribution in [0.25, 0.3) is 0 Å². The molecule has 1 aromatic rings. The Hall–Kier alpha value is -2.19. The van der Waals surface area contributed by atoms with Crippen LogP contribution in [0, 0.1) is 17.8 Å². The van der Waals surface area contributed by atoms with Crippen LogP contribution in [0.3, 0.4) is 0 Å². The molecule has 10 nitrogen and oxygen atoms in total. The molecule has 0 spiro atoms. The van der Waals surface area contributed by atoms with Crippen LogP contribution in [0.2, 0.25) is 0 Å². The van der Waals surface area contributed by atoms with Gasteiger partial charge in [-0.1, -0.05) is 12.8 Å². The number of rotatable bonds is 13. The molecule has 0 amide bonds. The molecule has 3 N–H and O–H groups in total. The first kappa shape index (κ1) is 30.8. The van der Waals surface area contributed by atoms with Crippen molar-refractivity contribution in [3.8, 4) is 0 Å². The van der Waals surface area contributed by atoms with E-state index in [1.54, 1.807) is 0 Å². The van der Waals surface area contributed by atoms with Crippen molar-refractivity contribution in [2.24, 2.45) is 17.8 Å². The lowest BCUT2D eigenvalue weighted by molar-refractivity contribution is -0.158. The summed E-state index contributed by atoms with van der Waals surface area (Å²) < 4.78 is 55.4. The second-order valence-electron chi connectivity index (χ2n) is 11.1. The van der Waals surface area contributed by atoms with Gasteiger partial charge in [-0.2, -0.15) is 13.2 Å². The summed E-state index contributed by atoms with van der Waals surface area (Å²) in [6.07, 6.45) is 0.394. The van der Waals surface area contributed by atoms with Crippen LogP contribution < -0.4 is 5.32 Å². The van der Waals surface area contributed by atoms with Crippen LogP contribution in [-0.2, 0) is 30.0 Å². The smallest absolute Gasteiger partial charge is 0.388 e. The Morgan fingerprint density at radius 1 is 1.02 bits per heavy atom. The average molecular weight is 574 g/mol. The molecule has 2 aliphatic carbocycles. The molecule has 2 unspecified atom stereocenters. The summed E-state index contributed by atoms with van der Waals surface area (Å²) in [7, 11) is 0.